The number of aryl methyl sites for hydroxylation is 1. The van der Waals surface area contributed by atoms with Crippen LogP contribution in [0.2, 0.25) is 0 Å². The van der Waals surface area contributed by atoms with Gasteiger partial charge in [-0.25, -0.2) is 4.98 Å². The molecule has 1 aromatic heterocycles. The second-order valence-corrected chi connectivity index (χ2v) is 12.1. The van der Waals surface area contributed by atoms with Crippen molar-refractivity contribution >= 4 is 28.9 Å². The summed E-state index contributed by atoms with van der Waals surface area (Å²) in [6.07, 6.45) is 3.50. The molecule has 4 aromatic rings. The van der Waals surface area contributed by atoms with Crippen LogP contribution in [0, 0.1) is 6.92 Å². The van der Waals surface area contributed by atoms with Crippen LogP contribution in [0.5, 0.6) is 0 Å². The number of piperazine rings is 1. The number of carbonyl (C=O) groups is 2. The van der Waals surface area contributed by atoms with Gasteiger partial charge in [0, 0.05) is 56.4 Å². The molecule has 1 aliphatic heterocycles. The van der Waals surface area contributed by atoms with Gasteiger partial charge in [0.25, 0.3) is 11.8 Å². The fourth-order valence-corrected chi connectivity index (χ4v) is 5.80. The number of rotatable bonds is 11. The SMILES string of the molecule is CCN(C)Cc1cccc(CNC(=O)c2ccc(N3CCN(c4ccccc4C)CC3)c(NC(=O)c3coc(C4CC4)n3)c2)c1. The predicted octanol–water partition coefficient (Wildman–Crippen LogP) is 5.82. The van der Waals surface area contributed by atoms with Gasteiger partial charge in [0.05, 0.1) is 11.4 Å². The molecule has 0 unspecified atom stereocenters. The zero-order valence-electron chi connectivity index (χ0n) is 26.4. The van der Waals surface area contributed by atoms with Crippen LogP contribution >= 0.6 is 0 Å². The number of aromatic nitrogens is 1. The van der Waals surface area contributed by atoms with Crippen molar-refractivity contribution in [2.75, 3.05) is 54.9 Å². The Morgan fingerprint density at radius 3 is 2.38 bits per heavy atom. The molecule has 1 saturated carbocycles. The van der Waals surface area contributed by atoms with E-state index in [2.05, 4.69) is 87.6 Å². The minimum absolute atomic E-state index is 0.199. The normalized spacial score (nSPS) is 14.9. The number of anilines is 3. The molecule has 3 aromatic carbocycles. The molecular weight excluding hydrogens is 564 g/mol. The second-order valence-electron chi connectivity index (χ2n) is 12.1. The third-order valence-electron chi connectivity index (χ3n) is 8.70. The van der Waals surface area contributed by atoms with Crippen molar-refractivity contribution in [3.63, 3.8) is 0 Å². The summed E-state index contributed by atoms with van der Waals surface area (Å²) in [5.41, 5.74) is 6.94. The molecule has 6 rings (SSSR count). The second kappa shape index (κ2) is 13.6. The van der Waals surface area contributed by atoms with E-state index in [1.807, 2.05) is 24.3 Å². The molecule has 1 saturated heterocycles. The van der Waals surface area contributed by atoms with Crippen LogP contribution < -0.4 is 20.4 Å². The summed E-state index contributed by atoms with van der Waals surface area (Å²) in [6.45, 7) is 9.77. The van der Waals surface area contributed by atoms with Gasteiger partial charge in [0.15, 0.2) is 11.6 Å². The quantitative estimate of drug-likeness (QED) is 0.222. The van der Waals surface area contributed by atoms with E-state index in [0.717, 1.165) is 63.4 Å². The first-order chi connectivity index (χ1) is 21.9. The van der Waals surface area contributed by atoms with Gasteiger partial charge < -0.3 is 29.8 Å². The molecule has 45 heavy (non-hydrogen) atoms. The van der Waals surface area contributed by atoms with E-state index in [1.54, 1.807) is 6.07 Å². The Morgan fingerprint density at radius 1 is 0.911 bits per heavy atom. The third kappa shape index (κ3) is 7.37. The van der Waals surface area contributed by atoms with Crippen LogP contribution in [-0.4, -0.2) is 61.5 Å². The van der Waals surface area contributed by atoms with E-state index in [-0.39, 0.29) is 17.5 Å². The fraction of sp³-hybridized carbons (Fsp3) is 0.361. The Bertz CT molecular complexity index is 1650. The zero-order valence-corrected chi connectivity index (χ0v) is 26.4. The summed E-state index contributed by atoms with van der Waals surface area (Å²) in [6, 6.07) is 22.3. The molecule has 0 radical (unpaired) electrons. The van der Waals surface area contributed by atoms with Crippen LogP contribution in [0.3, 0.4) is 0 Å². The lowest BCUT2D eigenvalue weighted by molar-refractivity contribution is 0.0949. The van der Waals surface area contributed by atoms with E-state index in [0.29, 0.717) is 29.6 Å². The van der Waals surface area contributed by atoms with Crippen LogP contribution in [-0.2, 0) is 13.1 Å². The number of oxazole rings is 1. The van der Waals surface area contributed by atoms with Crippen molar-refractivity contribution in [1.29, 1.82) is 0 Å². The lowest BCUT2D eigenvalue weighted by Gasteiger charge is -2.38. The first kappa shape index (κ1) is 30.4. The number of amides is 2. The number of benzene rings is 3. The lowest BCUT2D eigenvalue weighted by atomic mass is 10.1. The summed E-state index contributed by atoms with van der Waals surface area (Å²) < 4.78 is 5.57. The highest BCUT2D eigenvalue weighted by atomic mass is 16.3. The van der Waals surface area contributed by atoms with Gasteiger partial charge in [-0.15, -0.1) is 0 Å². The highest BCUT2D eigenvalue weighted by Crippen LogP contribution is 2.39. The number of nitrogens with zero attached hydrogens (tertiary/aromatic N) is 4. The Balaban J connectivity index is 1.19. The van der Waals surface area contributed by atoms with Crippen LogP contribution in [0.25, 0.3) is 0 Å². The fourth-order valence-electron chi connectivity index (χ4n) is 5.80. The number of para-hydroxylation sites is 1. The molecule has 2 amide bonds. The minimum atomic E-state index is -0.350. The van der Waals surface area contributed by atoms with Gasteiger partial charge in [0.1, 0.15) is 6.26 Å². The Labute approximate surface area is 265 Å². The highest BCUT2D eigenvalue weighted by molar-refractivity contribution is 6.06. The molecular formula is C36H42N6O3. The van der Waals surface area contributed by atoms with E-state index in [4.69, 9.17) is 4.42 Å². The van der Waals surface area contributed by atoms with Crippen molar-refractivity contribution in [2.24, 2.45) is 0 Å². The van der Waals surface area contributed by atoms with Gasteiger partial charge in [-0.2, -0.15) is 0 Å². The number of carbonyl (C=O) groups excluding carboxylic acids is 2. The zero-order chi connectivity index (χ0) is 31.3. The van der Waals surface area contributed by atoms with Crippen molar-refractivity contribution in [3.8, 4) is 0 Å². The van der Waals surface area contributed by atoms with Crippen molar-refractivity contribution in [1.82, 2.24) is 15.2 Å². The smallest absolute Gasteiger partial charge is 0.277 e. The molecule has 9 nitrogen and oxygen atoms in total. The van der Waals surface area contributed by atoms with Gasteiger partial charge in [-0.05, 0) is 74.3 Å². The topological polar surface area (TPSA) is 94.0 Å². The van der Waals surface area contributed by atoms with Crippen molar-refractivity contribution in [3.05, 3.63) is 107 Å². The summed E-state index contributed by atoms with van der Waals surface area (Å²) in [5.74, 6) is 0.380. The molecule has 9 heteroatoms. The Hall–Kier alpha value is -4.63. The maximum atomic E-state index is 13.4. The van der Waals surface area contributed by atoms with Crippen LogP contribution in [0.15, 0.2) is 77.4 Å². The molecule has 1 aliphatic carbocycles. The number of hydrogen-bond donors (Lipinski definition) is 2. The number of hydrogen-bond acceptors (Lipinski definition) is 7. The van der Waals surface area contributed by atoms with E-state index in [9.17, 15) is 9.59 Å². The maximum Gasteiger partial charge on any atom is 0.277 e. The van der Waals surface area contributed by atoms with Crippen LogP contribution in [0.4, 0.5) is 17.1 Å². The summed E-state index contributed by atoms with van der Waals surface area (Å²) >= 11 is 0. The summed E-state index contributed by atoms with van der Waals surface area (Å²) in [5, 5.41) is 6.11. The molecule has 2 heterocycles. The Morgan fingerprint density at radius 2 is 1.64 bits per heavy atom. The molecule has 0 spiro atoms. The Kier molecular flexibility index (Phi) is 9.16. The minimum Gasteiger partial charge on any atom is -0.448 e. The van der Waals surface area contributed by atoms with Gasteiger partial charge in [-0.3, -0.25) is 9.59 Å². The lowest BCUT2D eigenvalue weighted by Crippen LogP contribution is -2.47. The van der Waals surface area contributed by atoms with Crippen molar-refractivity contribution in [2.45, 2.75) is 45.7 Å². The van der Waals surface area contributed by atoms with Gasteiger partial charge in [0.2, 0.25) is 0 Å². The third-order valence-corrected chi connectivity index (χ3v) is 8.70. The van der Waals surface area contributed by atoms with Crippen LogP contribution in [0.1, 0.15) is 69.1 Å². The maximum absolute atomic E-state index is 13.4. The van der Waals surface area contributed by atoms with E-state index in [1.165, 1.54) is 23.1 Å². The monoisotopic (exact) mass is 606 g/mol. The highest BCUT2D eigenvalue weighted by Gasteiger charge is 2.30. The van der Waals surface area contributed by atoms with E-state index >= 15 is 0 Å². The average Bonchev–Trinajstić information content (AvgIpc) is 3.79. The largest absolute Gasteiger partial charge is 0.448 e. The first-order valence-electron chi connectivity index (χ1n) is 15.9. The summed E-state index contributed by atoms with van der Waals surface area (Å²) in [7, 11) is 2.09. The van der Waals surface area contributed by atoms with E-state index < -0.39 is 0 Å². The molecule has 0 bridgehead atoms. The van der Waals surface area contributed by atoms with Crippen molar-refractivity contribution < 1.29 is 14.0 Å². The molecule has 2 N–H and O–H groups in total. The average molecular weight is 607 g/mol. The standard InChI is InChI=1S/C36H42N6O3/c1-4-40(3)23-27-10-7-9-26(20-27)22-37-34(43)29-14-15-33(42-18-16-41(17-19-42)32-11-6-5-8-25(32)2)30(21-29)38-35(44)31-24-45-36(39-31)28-12-13-28/h5-11,14-15,20-21,24,28H,4,12-13,16-19,22-23H2,1-3H3,(H,37,43)(H,38,44). The first-order valence-corrected chi connectivity index (χ1v) is 15.9. The molecule has 0 atom stereocenters. The summed E-state index contributed by atoms with van der Waals surface area (Å²) in [4.78, 5) is 38.0. The molecule has 2 fully saturated rings. The number of nitrogens with one attached hydrogen (secondary N) is 2. The molecule has 234 valence electrons. The molecule has 2 aliphatic rings. The predicted molar refractivity (Wildman–Crippen MR) is 178 cm³/mol. The van der Waals surface area contributed by atoms with Gasteiger partial charge in [-0.1, -0.05) is 49.4 Å². The van der Waals surface area contributed by atoms with Gasteiger partial charge >= 0.3 is 0 Å².